The van der Waals surface area contributed by atoms with Crippen LogP contribution in [0.2, 0.25) is 0 Å². The average Bonchev–Trinajstić information content (AvgIpc) is 2.61. The van der Waals surface area contributed by atoms with E-state index in [9.17, 15) is 0 Å². The van der Waals surface area contributed by atoms with Gasteiger partial charge in [-0.15, -0.1) is 11.3 Å². The van der Waals surface area contributed by atoms with Gasteiger partial charge in [0.15, 0.2) is 5.13 Å². The van der Waals surface area contributed by atoms with Crippen LogP contribution in [-0.4, -0.2) is 16.9 Å². The lowest BCUT2D eigenvalue weighted by Gasteiger charge is -2.16. The average molecular weight is 261 g/mol. The Bertz CT molecular complexity index is 513. The van der Waals surface area contributed by atoms with Gasteiger partial charge in [0, 0.05) is 24.2 Å². The smallest absolute Gasteiger partial charge is 0.180 e. The van der Waals surface area contributed by atoms with Gasteiger partial charge >= 0.3 is 0 Å². The molecule has 0 saturated heterocycles. The number of aromatic nitrogens is 1. The van der Waals surface area contributed by atoms with Crippen LogP contribution in [0, 0.1) is 13.8 Å². The molecule has 2 rings (SSSR count). The van der Waals surface area contributed by atoms with Crippen molar-refractivity contribution in [2.45, 2.75) is 26.9 Å². The second-order valence-corrected chi connectivity index (χ2v) is 5.98. The summed E-state index contributed by atoms with van der Waals surface area (Å²) in [5, 5.41) is 0.643. The second-order valence-electron chi connectivity index (χ2n) is 4.83. The zero-order valence-electron chi connectivity index (χ0n) is 11.1. The summed E-state index contributed by atoms with van der Waals surface area (Å²) in [5.74, 6) is 0. The Morgan fingerprint density at radius 3 is 2.39 bits per heavy atom. The lowest BCUT2D eigenvalue weighted by atomic mass is 10.1. The zero-order valence-corrected chi connectivity index (χ0v) is 11.9. The van der Waals surface area contributed by atoms with Gasteiger partial charge in [0.05, 0.1) is 0 Å². The summed E-state index contributed by atoms with van der Waals surface area (Å²) in [6.07, 6.45) is 1.86. The van der Waals surface area contributed by atoms with Crippen LogP contribution in [0.3, 0.4) is 0 Å². The molecule has 4 heteroatoms. The summed E-state index contributed by atoms with van der Waals surface area (Å²) in [4.78, 5) is 7.56. The molecule has 0 aliphatic heterocycles. The molecule has 0 fully saturated rings. The fourth-order valence-corrected chi connectivity index (χ4v) is 2.95. The number of anilines is 1. The monoisotopic (exact) mass is 261 g/mol. The molecule has 0 saturated carbocycles. The summed E-state index contributed by atoms with van der Waals surface area (Å²) in [6, 6.07) is 6.68. The minimum atomic E-state index is 0.643. The van der Waals surface area contributed by atoms with E-state index in [-0.39, 0.29) is 0 Å². The Labute approximate surface area is 112 Å². The largest absolute Gasteiger partial charge is 0.375 e. The van der Waals surface area contributed by atoms with E-state index < -0.39 is 0 Å². The van der Waals surface area contributed by atoms with Crippen LogP contribution < -0.4 is 5.73 Å². The van der Waals surface area contributed by atoms with Crippen LogP contribution in [0.5, 0.6) is 0 Å². The summed E-state index contributed by atoms with van der Waals surface area (Å²) in [6.45, 7) is 6.11. The Morgan fingerprint density at radius 2 is 1.83 bits per heavy atom. The topological polar surface area (TPSA) is 42.2 Å². The molecular weight excluding hydrogens is 242 g/mol. The first-order valence-electron chi connectivity index (χ1n) is 5.99. The number of aryl methyl sites for hydroxylation is 2. The molecule has 2 aromatic rings. The Kier molecular flexibility index (Phi) is 3.99. The highest BCUT2D eigenvalue weighted by molar-refractivity contribution is 7.15. The molecule has 0 spiro atoms. The molecule has 3 nitrogen and oxygen atoms in total. The molecule has 0 unspecified atom stereocenters. The molecule has 2 N–H and O–H groups in total. The molecule has 0 aliphatic carbocycles. The van der Waals surface area contributed by atoms with Gasteiger partial charge in [-0.3, -0.25) is 4.90 Å². The molecule has 0 radical (unpaired) electrons. The van der Waals surface area contributed by atoms with Crippen LogP contribution in [0.25, 0.3) is 0 Å². The van der Waals surface area contributed by atoms with E-state index in [1.807, 2.05) is 6.20 Å². The van der Waals surface area contributed by atoms with E-state index in [2.05, 4.69) is 49.0 Å². The predicted molar refractivity (Wildman–Crippen MR) is 77.6 cm³/mol. The second kappa shape index (κ2) is 5.50. The molecule has 0 amide bonds. The number of thiazole rings is 1. The minimum absolute atomic E-state index is 0.643. The summed E-state index contributed by atoms with van der Waals surface area (Å²) in [5.41, 5.74) is 9.63. The van der Waals surface area contributed by atoms with Crippen molar-refractivity contribution in [3.8, 4) is 0 Å². The van der Waals surface area contributed by atoms with E-state index in [1.165, 1.54) is 21.6 Å². The van der Waals surface area contributed by atoms with Crippen LogP contribution in [0.4, 0.5) is 5.13 Å². The van der Waals surface area contributed by atoms with Gasteiger partial charge in [-0.05, 0) is 26.5 Å². The molecule has 0 bridgehead atoms. The van der Waals surface area contributed by atoms with Gasteiger partial charge in [0.25, 0.3) is 0 Å². The van der Waals surface area contributed by atoms with Crippen molar-refractivity contribution in [3.63, 3.8) is 0 Å². The number of benzene rings is 1. The molecule has 0 atom stereocenters. The van der Waals surface area contributed by atoms with Crippen LogP contribution in [0.1, 0.15) is 21.6 Å². The molecule has 1 aromatic carbocycles. The zero-order chi connectivity index (χ0) is 13.1. The van der Waals surface area contributed by atoms with E-state index in [0.29, 0.717) is 5.13 Å². The highest BCUT2D eigenvalue weighted by atomic mass is 32.1. The lowest BCUT2D eigenvalue weighted by Crippen LogP contribution is -2.16. The van der Waals surface area contributed by atoms with E-state index in [0.717, 1.165) is 13.1 Å². The van der Waals surface area contributed by atoms with Crippen molar-refractivity contribution in [1.29, 1.82) is 0 Å². The Hall–Kier alpha value is -1.39. The molecule has 0 aliphatic rings. The number of rotatable bonds is 4. The quantitative estimate of drug-likeness (QED) is 0.920. The first-order valence-corrected chi connectivity index (χ1v) is 6.80. The third-order valence-electron chi connectivity index (χ3n) is 2.73. The summed E-state index contributed by atoms with van der Waals surface area (Å²) < 4.78 is 0. The van der Waals surface area contributed by atoms with Gasteiger partial charge in [-0.2, -0.15) is 0 Å². The van der Waals surface area contributed by atoms with Gasteiger partial charge in [0.1, 0.15) is 0 Å². The number of nitrogen functional groups attached to an aromatic ring is 1. The van der Waals surface area contributed by atoms with Crippen molar-refractivity contribution < 1.29 is 0 Å². The fraction of sp³-hybridized carbons (Fsp3) is 0.357. The number of nitrogens with two attached hydrogens (primary N) is 1. The maximum atomic E-state index is 5.64. The van der Waals surface area contributed by atoms with Crippen molar-refractivity contribution in [2.75, 3.05) is 12.8 Å². The minimum Gasteiger partial charge on any atom is -0.375 e. The first kappa shape index (κ1) is 13.1. The van der Waals surface area contributed by atoms with E-state index in [4.69, 9.17) is 5.73 Å². The lowest BCUT2D eigenvalue weighted by molar-refractivity contribution is 0.321. The Morgan fingerprint density at radius 1 is 1.17 bits per heavy atom. The van der Waals surface area contributed by atoms with E-state index >= 15 is 0 Å². The fourth-order valence-electron chi connectivity index (χ4n) is 2.19. The van der Waals surface area contributed by atoms with Crippen LogP contribution in [0.15, 0.2) is 24.4 Å². The molecule has 1 aromatic heterocycles. The van der Waals surface area contributed by atoms with Gasteiger partial charge in [0.2, 0.25) is 0 Å². The Balaban J connectivity index is 2.00. The standard InChI is InChI=1S/C14H19N3S/c1-10-4-11(2)6-12(5-10)8-17(3)9-13-7-16-14(15)18-13/h4-7H,8-9H2,1-3H3,(H2,15,16). The van der Waals surface area contributed by atoms with Crippen LogP contribution in [-0.2, 0) is 13.1 Å². The maximum absolute atomic E-state index is 5.64. The van der Waals surface area contributed by atoms with Crippen molar-refractivity contribution in [3.05, 3.63) is 46.0 Å². The number of hydrogen-bond donors (Lipinski definition) is 1. The number of hydrogen-bond acceptors (Lipinski definition) is 4. The third-order valence-corrected chi connectivity index (χ3v) is 3.54. The maximum Gasteiger partial charge on any atom is 0.180 e. The van der Waals surface area contributed by atoms with Crippen molar-refractivity contribution >= 4 is 16.5 Å². The molecular formula is C14H19N3S. The summed E-state index contributed by atoms with van der Waals surface area (Å²) in [7, 11) is 2.12. The SMILES string of the molecule is Cc1cc(C)cc(CN(C)Cc2cnc(N)s2)c1. The van der Waals surface area contributed by atoms with E-state index in [1.54, 1.807) is 11.3 Å². The molecule has 96 valence electrons. The van der Waals surface area contributed by atoms with Gasteiger partial charge in [-0.25, -0.2) is 4.98 Å². The highest BCUT2D eigenvalue weighted by Gasteiger charge is 2.05. The van der Waals surface area contributed by atoms with Gasteiger partial charge < -0.3 is 5.73 Å². The normalized spacial score (nSPS) is 11.1. The first-order chi connectivity index (χ1) is 8.52. The van der Waals surface area contributed by atoms with Crippen molar-refractivity contribution in [1.82, 2.24) is 9.88 Å². The third kappa shape index (κ3) is 3.55. The molecule has 1 heterocycles. The predicted octanol–water partition coefficient (Wildman–Crippen LogP) is 2.97. The molecule has 18 heavy (non-hydrogen) atoms. The van der Waals surface area contributed by atoms with Crippen LogP contribution >= 0.6 is 11.3 Å². The summed E-state index contributed by atoms with van der Waals surface area (Å²) >= 11 is 1.56. The highest BCUT2D eigenvalue weighted by Crippen LogP contribution is 2.17. The van der Waals surface area contributed by atoms with Gasteiger partial charge in [-0.1, -0.05) is 29.3 Å². The number of nitrogens with zero attached hydrogens (tertiary/aromatic N) is 2. The van der Waals surface area contributed by atoms with Crippen molar-refractivity contribution in [2.24, 2.45) is 0 Å².